The van der Waals surface area contributed by atoms with Crippen molar-refractivity contribution >= 4 is 45.3 Å². The van der Waals surface area contributed by atoms with Crippen LogP contribution < -0.4 is 15.8 Å². The predicted octanol–water partition coefficient (Wildman–Crippen LogP) is 2.26. The SMILES string of the molecule is CN1C(=O)NC(=O)[C@]12Cc1cc3ccc(CN4C(=O)c5cc(=O)[nH]c6cccc4c56)nc3cc1C2. The molecule has 1 fully saturated rings. The Morgan fingerprint density at radius 2 is 1.80 bits per heavy atom. The van der Waals surface area contributed by atoms with Gasteiger partial charge in [0.2, 0.25) is 5.56 Å². The Labute approximate surface area is 198 Å². The summed E-state index contributed by atoms with van der Waals surface area (Å²) in [5.41, 5.74) is 4.09. The zero-order valence-corrected chi connectivity index (χ0v) is 18.7. The van der Waals surface area contributed by atoms with E-state index in [0.29, 0.717) is 29.6 Å². The van der Waals surface area contributed by atoms with Gasteiger partial charge in [0, 0.05) is 36.7 Å². The highest BCUT2D eigenvalue weighted by molar-refractivity contribution is 6.24. The van der Waals surface area contributed by atoms with E-state index < -0.39 is 5.54 Å². The van der Waals surface area contributed by atoms with E-state index in [4.69, 9.17) is 4.98 Å². The van der Waals surface area contributed by atoms with Crippen molar-refractivity contribution in [2.75, 3.05) is 11.9 Å². The van der Waals surface area contributed by atoms with Gasteiger partial charge in [-0.3, -0.25) is 24.7 Å². The number of H-pyrrole nitrogens is 1. The first kappa shape index (κ1) is 19.9. The van der Waals surface area contributed by atoms with Crippen LogP contribution in [0.2, 0.25) is 0 Å². The normalized spacial score (nSPS) is 20.5. The van der Waals surface area contributed by atoms with Gasteiger partial charge < -0.3 is 14.8 Å². The van der Waals surface area contributed by atoms with E-state index in [1.807, 2.05) is 36.4 Å². The van der Waals surface area contributed by atoms with E-state index >= 15 is 0 Å². The topological polar surface area (TPSA) is 115 Å². The highest BCUT2D eigenvalue weighted by atomic mass is 16.2. The summed E-state index contributed by atoms with van der Waals surface area (Å²) in [7, 11) is 1.65. The number of hydrogen-bond acceptors (Lipinski definition) is 5. The molecule has 1 atom stereocenters. The molecule has 3 aliphatic rings. The smallest absolute Gasteiger partial charge is 0.322 e. The van der Waals surface area contributed by atoms with Crippen LogP contribution >= 0.6 is 0 Å². The number of urea groups is 1. The molecule has 0 saturated carbocycles. The molecule has 2 N–H and O–H groups in total. The van der Waals surface area contributed by atoms with Gasteiger partial charge in [-0.05, 0) is 41.5 Å². The molecule has 4 amide bonds. The van der Waals surface area contributed by atoms with Gasteiger partial charge in [-0.1, -0.05) is 12.1 Å². The van der Waals surface area contributed by atoms with Gasteiger partial charge in [0.05, 0.1) is 34.5 Å². The average molecular weight is 465 g/mol. The maximum atomic E-state index is 13.2. The van der Waals surface area contributed by atoms with Crippen molar-refractivity contribution < 1.29 is 14.4 Å². The Balaban J connectivity index is 1.25. The Hall–Kier alpha value is -4.53. The van der Waals surface area contributed by atoms with Crippen LogP contribution in [0.1, 0.15) is 27.2 Å². The van der Waals surface area contributed by atoms with Gasteiger partial charge in [0.1, 0.15) is 5.54 Å². The molecule has 1 spiro atoms. The number of aromatic amines is 1. The molecule has 1 aliphatic carbocycles. The molecule has 0 radical (unpaired) electrons. The lowest BCUT2D eigenvalue weighted by atomic mass is 9.95. The fourth-order valence-corrected chi connectivity index (χ4v) is 5.72. The van der Waals surface area contributed by atoms with E-state index in [1.165, 1.54) is 11.0 Å². The summed E-state index contributed by atoms with van der Waals surface area (Å²) in [6, 6.07) is 14.3. The summed E-state index contributed by atoms with van der Waals surface area (Å²) in [5, 5.41) is 4.10. The van der Waals surface area contributed by atoms with E-state index in [2.05, 4.69) is 10.3 Å². The molecule has 172 valence electrons. The summed E-state index contributed by atoms with van der Waals surface area (Å²) >= 11 is 0. The number of pyridine rings is 2. The minimum absolute atomic E-state index is 0.222. The van der Waals surface area contributed by atoms with Crippen molar-refractivity contribution in [2.45, 2.75) is 24.9 Å². The fourth-order valence-electron chi connectivity index (χ4n) is 5.72. The lowest BCUT2D eigenvalue weighted by Gasteiger charge is -2.27. The molecule has 9 heteroatoms. The zero-order chi connectivity index (χ0) is 24.1. The Kier molecular flexibility index (Phi) is 3.71. The van der Waals surface area contributed by atoms with E-state index in [1.54, 1.807) is 18.0 Å². The van der Waals surface area contributed by atoms with Crippen LogP contribution in [0.3, 0.4) is 0 Å². The number of anilines is 1. The highest BCUT2D eigenvalue weighted by Crippen LogP contribution is 2.39. The van der Waals surface area contributed by atoms with Crippen LogP contribution in [-0.2, 0) is 24.2 Å². The Morgan fingerprint density at radius 3 is 2.57 bits per heavy atom. The van der Waals surface area contributed by atoms with E-state index in [-0.39, 0.29) is 29.9 Å². The van der Waals surface area contributed by atoms with Crippen molar-refractivity contribution in [1.82, 2.24) is 20.2 Å². The van der Waals surface area contributed by atoms with E-state index in [0.717, 1.165) is 33.1 Å². The number of amides is 4. The molecule has 7 rings (SSSR count). The predicted molar refractivity (Wildman–Crippen MR) is 128 cm³/mol. The number of carbonyl (C=O) groups excluding carboxylic acids is 3. The number of nitrogens with zero attached hydrogens (tertiary/aromatic N) is 3. The Bertz CT molecular complexity index is 1720. The van der Waals surface area contributed by atoms with Crippen molar-refractivity contribution in [3.63, 3.8) is 0 Å². The first-order chi connectivity index (χ1) is 16.8. The molecule has 9 nitrogen and oxygen atoms in total. The van der Waals surface area contributed by atoms with Gasteiger partial charge in [0.15, 0.2) is 0 Å². The number of carbonyl (C=O) groups is 3. The van der Waals surface area contributed by atoms with Crippen molar-refractivity contribution in [2.24, 2.45) is 0 Å². The lowest BCUT2D eigenvalue weighted by molar-refractivity contribution is -0.125. The van der Waals surface area contributed by atoms with Crippen molar-refractivity contribution in [1.29, 1.82) is 0 Å². The maximum Gasteiger partial charge on any atom is 0.324 e. The summed E-state index contributed by atoms with van der Waals surface area (Å²) in [4.78, 5) is 60.6. The molecule has 2 aliphatic heterocycles. The number of aromatic nitrogens is 2. The summed E-state index contributed by atoms with van der Waals surface area (Å²) in [6.07, 6.45) is 0.908. The second kappa shape index (κ2) is 6.53. The third kappa shape index (κ3) is 2.60. The van der Waals surface area contributed by atoms with E-state index in [9.17, 15) is 19.2 Å². The molecule has 1 saturated heterocycles. The number of nitrogens with one attached hydrogen (secondary N) is 2. The number of rotatable bonds is 2. The standard InChI is InChI=1S/C26H19N5O4/c1-30-25(35)29-24(34)26(30)10-14-7-13-5-6-16(27-19(13)8-15(14)11-26)12-31-20-4-2-3-18-22(20)17(23(31)33)9-21(32)28-18/h2-9H,10-12H2,1H3,(H,28,32)(H,29,34,35)/t26-/m1/s1. The number of fused-ring (bicyclic) bond motifs is 2. The first-order valence-corrected chi connectivity index (χ1v) is 11.3. The third-order valence-corrected chi connectivity index (χ3v) is 7.56. The summed E-state index contributed by atoms with van der Waals surface area (Å²) in [6.45, 7) is 0.261. The summed E-state index contributed by atoms with van der Waals surface area (Å²) in [5.74, 6) is -0.487. The second-order valence-corrected chi connectivity index (χ2v) is 9.46. The molecule has 2 aromatic carbocycles. The minimum Gasteiger partial charge on any atom is -0.322 e. The largest absolute Gasteiger partial charge is 0.324 e. The van der Waals surface area contributed by atoms with Crippen LogP contribution in [-0.4, -0.2) is 45.3 Å². The van der Waals surface area contributed by atoms with Crippen molar-refractivity contribution in [3.05, 3.63) is 81.3 Å². The number of benzene rings is 2. The Morgan fingerprint density at radius 1 is 1.00 bits per heavy atom. The van der Waals surface area contributed by atoms with Gasteiger partial charge in [0.25, 0.3) is 11.8 Å². The fraction of sp³-hybridized carbons (Fsp3) is 0.192. The van der Waals surface area contributed by atoms with Gasteiger partial charge >= 0.3 is 6.03 Å². The highest BCUT2D eigenvalue weighted by Gasteiger charge is 2.54. The van der Waals surface area contributed by atoms with Crippen LogP contribution in [0.5, 0.6) is 0 Å². The first-order valence-electron chi connectivity index (χ1n) is 11.3. The van der Waals surface area contributed by atoms with Crippen LogP contribution in [0, 0.1) is 0 Å². The molecule has 2 aromatic heterocycles. The molecule has 4 aromatic rings. The molecular formula is C26H19N5O4. The third-order valence-electron chi connectivity index (χ3n) is 7.56. The van der Waals surface area contributed by atoms with Crippen LogP contribution in [0.15, 0.2) is 53.3 Å². The molecule has 0 unspecified atom stereocenters. The molecular weight excluding hydrogens is 446 g/mol. The van der Waals surface area contributed by atoms with Gasteiger partial charge in [-0.15, -0.1) is 0 Å². The summed E-state index contributed by atoms with van der Waals surface area (Å²) < 4.78 is 0. The van der Waals surface area contributed by atoms with Crippen LogP contribution in [0.4, 0.5) is 10.5 Å². The molecule has 35 heavy (non-hydrogen) atoms. The van der Waals surface area contributed by atoms with Gasteiger partial charge in [-0.25, -0.2) is 4.79 Å². The second-order valence-electron chi connectivity index (χ2n) is 9.46. The minimum atomic E-state index is -0.885. The number of imide groups is 1. The number of hydrogen-bond donors (Lipinski definition) is 2. The zero-order valence-electron chi connectivity index (χ0n) is 18.7. The quantitative estimate of drug-likeness (QED) is 0.441. The molecule has 4 heterocycles. The monoisotopic (exact) mass is 465 g/mol. The molecule has 0 bridgehead atoms. The lowest BCUT2D eigenvalue weighted by Crippen LogP contribution is -2.48. The number of likely N-dealkylation sites (N-methyl/N-ethyl adjacent to an activating group) is 1. The van der Waals surface area contributed by atoms with Crippen molar-refractivity contribution in [3.8, 4) is 0 Å². The average Bonchev–Trinajstić information content (AvgIpc) is 3.41. The van der Waals surface area contributed by atoms with Gasteiger partial charge in [-0.2, -0.15) is 0 Å². The van der Waals surface area contributed by atoms with Crippen LogP contribution in [0.25, 0.3) is 21.8 Å². The maximum absolute atomic E-state index is 13.2.